The van der Waals surface area contributed by atoms with Gasteiger partial charge >= 0.3 is 0 Å². The van der Waals surface area contributed by atoms with Crippen LogP contribution in [0.15, 0.2) is 35.7 Å². The van der Waals surface area contributed by atoms with Gasteiger partial charge in [-0.2, -0.15) is 0 Å². The summed E-state index contributed by atoms with van der Waals surface area (Å²) in [4.78, 5) is 19.1. The Morgan fingerprint density at radius 2 is 1.96 bits per heavy atom. The first-order valence-corrected chi connectivity index (χ1v) is 10.3. The molecule has 7 heteroatoms. The van der Waals surface area contributed by atoms with Crippen molar-refractivity contribution < 1.29 is 14.3 Å². The van der Waals surface area contributed by atoms with Gasteiger partial charge in [-0.25, -0.2) is 4.98 Å². The molecule has 0 bridgehead atoms. The van der Waals surface area contributed by atoms with Crippen LogP contribution in [0, 0.1) is 6.92 Å². The van der Waals surface area contributed by atoms with Crippen LogP contribution < -0.4 is 14.8 Å². The molecule has 0 fully saturated rings. The van der Waals surface area contributed by atoms with E-state index in [4.69, 9.17) is 9.47 Å². The van der Waals surface area contributed by atoms with Gasteiger partial charge in [0.05, 0.1) is 36.2 Å². The second kappa shape index (κ2) is 9.01. The number of thiophene rings is 1. The number of aryl methyl sites for hydroxylation is 1. The molecule has 0 spiro atoms. The highest BCUT2D eigenvalue weighted by molar-refractivity contribution is 7.16. The quantitative estimate of drug-likeness (QED) is 0.616. The van der Waals surface area contributed by atoms with Crippen molar-refractivity contribution in [1.29, 1.82) is 0 Å². The summed E-state index contributed by atoms with van der Waals surface area (Å²) in [6.45, 7) is 2.62. The van der Waals surface area contributed by atoms with E-state index in [0.717, 1.165) is 22.7 Å². The standard InChI is InChI=1S/C20H22N2O3S2/c1-13-22-16(12-26-13)19-7-5-15(27-19)8-9-21-20(23)11-14-4-6-17(24-2)18(10-14)25-3/h4-7,10,12H,8-9,11H2,1-3H3,(H,21,23). The van der Waals surface area contributed by atoms with Crippen molar-refractivity contribution in [2.45, 2.75) is 19.8 Å². The van der Waals surface area contributed by atoms with E-state index in [-0.39, 0.29) is 5.91 Å². The van der Waals surface area contributed by atoms with E-state index >= 15 is 0 Å². The highest BCUT2D eigenvalue weighted by atomic mass is 32.1. The van der Waals surface area contributed by atoms with Gasteiger partial charge in [-0.1, -0.05) is 6.07 Å². The van der Waals surface area contributed by atoms with Crippen molar-refractivity contribution >= 4 is 28.6 Å². The predicted octanol–water partition coefficient (Wildman–Crippen LogP) is 4.10. The lowest BCUT2D eigenvalue weighted by molar-refractivity contribution is -0.120. The van der Waals surface area contributed by atoms with Crippen LogP contribution in [0.4, 0.5) is 0 Å². The number of amides is 1. The number of thiazole rings is 1. The summed E-state index contributed by atoms with van der Waals surface area (Å²) in [5.41, 5.74) is 1.92. The van der Waals surface area contributed by atoms with Gasteiger partial charge in [-0.15, -0.1) is 22.7 Å². The number of methoxy groups -OCH3 is 2. The minimum atomic E-state index is -0.00544. The van der Waals surface area contributed by atoms with Crippen LogP contribution in [0.25, 0.3) is 10.6 Å². The van der Waals surface area contributed by atoms with Gasteiger partial charge in [0.2, 0.25) is 5.91 Å². The minimum Gasteiger partial charge on any atom is -0.493 e. The molecule has 2 aromatic heterocycles. The molecule has 1 aromatic carbocycles. The van der Waals surface area contributed by atoms with Gasteiger partial charge in [0.1, 0.15) is 0 Å². The topological polar surface area (TPSA) is 60.5 Å². The molecular formula is C20H22N2O3S2. The molecule has 0 aliphatic rings. The third-order valence-electron chi connectivity index (χ3n) is 4.04. The molecule has 27 heavy (non-hydrogen) atoms. The Hall–Kier alpha value is -2.38. The Morgan fingerprint density at radius 3 is 2.67 bits per heavy atom. The van der Waals surface area contributed by atoms with Crippen LogP contribution in [0.2, 0.25) is 0 Å². The summed E-state index contributed by atoms with van der Waals surface area (Å²) in [5.74, 6) is 1.28. The summed E-state index contributed by atoms with van der Waals surface area (Å²) in [7, 11) is 3.18. The number of hydrogen-bond acceptors (Lipinski definition) is 6. The third-order valence-corrected chi connectivity index (χ3v) is 5.98. The van der Waals surface area contributed by atoms with Crippen molar-refractivity contribution in [2.24, 2.45) is 0 Å². The first kappa shape index (κ1) is 19.4. The number of carbonyl (C=O) groups excluding carboxylic acids is 1. The normalized spacial score (nSPS) is 10.6. The molecule has 5 nitrogen and oxygen atoms in total. The van der Waals surface area contributed by atoms with Crippen molar-refractivity contribution in [3.05, 3.63) is 51.2 Å². The van der Waals surface area contributed by atoms with E-state index < -0.39 is 0 Å². The maximum atomic E-state index is 12.2. The first-order chi connectivity index (χ1) is 13.1. The molecule has 142 valence electrons. The maximum absolute atomic E-state index is 12.2. The van der Waals surface area contributed by atoms with Crippen molar-refractivity contribution in [3.63, 3.8) is 0 Å². The summed E-state index contributed by atoms with van der Waals surface area (Å²) in [6.07, 6.45) is 1.12. The van der Waals surface area contributed by atoms with Gasteiger partial charge < -0.3 is 14.8 Å². The zero-order valence-corrected chi connectivity index (χ0v) is 17.2. The van der Waals surface area contributed by atoms with Crippen molar-refractivity contribution in [3.8, 4) is 22.1 Å². The van der Waals surface area contributed by atoms with E-state index in [1.54, 1.807) is 36.9 Å². The summed E-state index contributed by atoms with van der Waals surface area (Å²) >= 11 is 3.38. The Morgan fingerprint density at radius 1 is 1.15 bits per heavy atom. The molecule has 0 saturated carbocycles. The third kappa shape index (κ3) is 5.08. The Bertz CT molecular complexity index is 918. The van der Waals surface area contributed by atoms with E-state index in [9.17, 15) is 4.79 Å². The zero-order chi connectivity index (χ0) is 19.2. The van der Waals surface area contributed by atoms with E-state index in [1.807, 2.05) is 25.1 Å². The van der Waals surface area contributed by atoms with Crippen LogP contribution in [0.1, 0.15) is 15.4 Å². The molecule has 0 aliphatic carbocycles. The first-order valence-electron chi connectivity index (χ1n) is 8.58. The number of nitrogens with zero attached hydrogens (tertiary/aromatic N) is 1. The van der Waals surface area contributed by atoms with Crippen molar-refractivity contribution in [1.82, 2.24) is 10.3 Å². The molecule has 0 aliphatic heterocycles. The van der Waals surface area contributed by atoms with Crippen molar-refractivity contribution in [2.75, 3.05) is 20.8 Å². The van der Waals surface area contributed by atoms with Gasteiger partial charge in [-0.3, -0.25) is 4.79 Å². The van der Waals surface area contributed by atoms with Crippen LogP contribution in [0.5, 0.6) is 11.5 Å². The van der Waals surface area contributed by atoms with Crippen LogP contribution in [-0.4, -0.2) is 31.7 Å². The highest BCUT2D eigenvalue weighted by Crippen LogP contribution is 2.29. The fraction of sp³-hybridized carbons (Fsp3) is 0.300. The lowest BCUT2D eigenvalue weighted by atomic mass is 10.1. The lowest BCUT2D eigenvalue weighted by Crippen LogP contribution is -2.27. The molecule has 0 saturated heterocycles. The molecule has 3 rings (SSSR count). The van der Waals surface area contributed by atoms with Gasteiger partial charge in [-0.05, 0) is 43.2 Å². The zero-order valence-electron chi connectivity index (χ0n) is 15.6. The molecule has 1 N–H and O–H groups in total. The van der Waals surface area contributed by atoms with E-state index in [0.29, 0.717) is 24.5 Å². The number of aromatic nitrogens is 1. The SMILES string of the molecule is COc1ccc(CC(=O)NCCc2ccc(-c3csc(C)n3)s2)cc1OC. The van der Waals surface area contributed by atoms with Crippen LogP contribution >= 0.6 is 22.7 Å². The fourth-order valence-electron chi connectivity index (χ4n) is 2.69. The van der Waals surface area contributed by atoms with Gasteiger partial charge in [0.25, 0.3) is 0 Å². The number of carbonyl (C=O) groups is 1. The number of ether oxygens (including phenoxy) is 2. The number of hydrogen-bond donors (Lipinski definition) is 1. The lowest BCUT2D eigenvalue weighted by Gasteiger charge is -2.09. The van der Waals surface area contributed by atoms with Crippen LogP contribution in [-0.2, 0) is 17.6 Å². The Kier molecular flexibility index (Phi) is 6.47. The second-order valence-corrected chi connectivity index (χ2v) is 8.21. The molecule has 0 unspecified atom stereocenters. The van der Waals surface area contributed by atoms with E-state index in [1.165, 1.54) is 9.75 Å². The number of rotatable bonds is 8. The van der Waals surface area contributed by atoms with Gasteiger partial charge in [0.15, 0.2) is 11.5 Å². The molecule has 0 atom stereocenters. The molecule has 3 aromatic rings. The highest BCUT2D eigenvalue weighted by Gasteiger charge is 2.09. The Labute approximate surface area is 167 Å². The predicted molar refractivity (Wildman–Crippen MR) is 110 cm³/mol. The summed E-state index contributed by atoms with van der Waals surface area (Å²) in [5, 5.41) is 6.13. The summed E-state index contributed by atoms with van der Waals surface area (Å²) in [6, 6.07) is 9.73. The average molecular weight is 403 g/mol. The molecule has 2 heterocycles. The smallest absolute Gasteiger partial charge is 0.224 e. The summed E-state index contributed by atoms with van der Waals surface area (Å²) < 4.78 is 10.5. The molecule has 0 radical (unpaired) electrons. The number of nitrogens with one attached hydrogen (secondary N) is 1. The van der Waals surface area contributed by atoms with Gasteiger partial charge in [0, 0.05) is 16.8 Å². The Balaban J connectivity index is 1.49. The van der Waals surface area contributed by atoms with Crippen LogP contribution in [0.3, 0.4) is 0 Å². The average Bonchev–Trinajstić information content (AvgIpc) is 3.30. The monoisotopic (exact) mass is 402 g/mol. The maximum Gasteiger partial charge on any atom is 0.224 e. The number of benzene rings is 1. The fourth-order valence-corrected chi connectivity index (χ4v) is 4.35. The largest absolute Gasteiger partial charge is 0.493 e. The second-order valence-electron chi connectivity index (χ2n) is 5.98. The minimum absolute atomic E-state index is 0.00544. The molecular weight excluding hydrogens is 380 g/mol. The molecule has 1 amide bonds. The van der Waals surface area contributed by atoms with E-state index in [2.05, 4.69) is 27.8 Å².